The van der Waals surface area contributed by atoms with Crippen molar-refractivity contribution in [2.75, 3.05) is 32.3 Å². The highest BCUT2D eigenvalue weighted by molar-refractivity contribution is 7.85. The molecule has 360 valence electrons. The molecule has 6 aliphatic heterocycles. The zero-order valence-corrected chi connectivity index (χ0v) is 39.4. The summed E-state index contributed by atoms with van der Waals surface area (Å²) in [5, 5.41) is 34.3. The molecule has 1 unspecified atom stereocenters. The number of ether oxygens (including phenoxy) is 10. The molecule has 3 N–H and O–H groups in total. The van der Waals surface area contributed by atoms with Crippen LogP contribution in [0.5, 0.6) is 0 Å². The van der Waals surface area contributed by atoms with E-state index in [-0.39, 0.29) is 36.7 Å². The van der Waals surface area contributed by atoms with Crippen LogP contribution < -0.4 is 0 Å². The van der Waals surface area contributed by atoms with Crippen molar-refractivity contribution in [1.82, 2.24) is 0 Å². The second-order valence-electron chi connectivity index (χ2n) is 19.7. The van der Waals surface area contributed by atoms with Gasteiger partial charge in [0.2, 0.25) is 0 Å². The van der Waals surface area contributed by atoms with Crippen molar-refractivity contribution in [2.45, 2.75) is 196 Å². The third-order valence-electron chi connectivity index (χ3n) is 15.1. The number of esters is 1. The summed E-state index contributed by atoms with van der Waals surface area (Å²) in [6, 6.07) is 0. The maximum Gasteiger partial charge on any atom is 0.316 e. The lowest BCUT2D eigenvalue weighted by Crippen LogP contribution is -2.60. The predicted molar refractivity (Wildman–Crippen MR) is 234 cm³/mol. The molecular weight excluding hydrogens is 849 g/mol. The van der Waals surface area contributed by atoms with E-state index in [1.165, 1.54) is 6.42 Å². The van der Waals surface area contributed by atoms with E-state index in [2.05, 4.69) is 6.08 Å². The molecule has 6 fully saturated rings. The van der Waals surface area contributed by atoms with Crippen molar-refractivity contribution in [3.8, 4) is 0 Å². The summed E-state index contributed by atoms with van der Waals surface area (Å²) in [6.45, 7) is 9.52. The second-order valence-corrected chi connectivity index (χ2v) is 21.2. The smallest absolute Gasteiger partial charge is 0.316 e. The summed E-state index contributed by atoms with van der Waals surface area (Å²) in [4.78, 5) is 14.4. The fraction of sp³-hybridized carbons (Fsp3) is 0.812. The van der Waals surface area contributed by atoms with Gasteiger partial charge < -0.3 is 62.7 Å². The minimum absolute atomic E-state index is 0.0122. The summed E-state index contributed by atoms with van der Waals surface area (Å²) >= 11 is 0. The van der Waals surface area contributed by atoms with Crippen LogP contribution in [0.4, 0.5) is 0 Å². The Labute approximate surface area is 380 Å². The molecule has 1 spiro atoms. The normalized spacial score (nSPS) is 49.4. The van der Waals surface area contributed by atoms with E-state index in [1.54, 1.807) is 40.2 Å². The molecular formula is C48H72O15S. The van der Waals surface area contributed by atoms with Gasteiger partial charge >= 0.3 is 5.97 Å². The maximum atomic E-state index is 14.4. The van der Waals surface area contributed by atoms with Crippen LogP contribution in [-0.2, 0) is 63.0 Å². The van der Waals surface area contributed by atoms with Gasteiger partial charge in [-0.15, -0.1) is 0 Å². The first-order valence-corrected chi connectivity index (χ1v) is 25.1. The van der Waals surface area contributed by atoms with Crippen LogP contribution >= 0.6 is 0 Å². The molecule has 19 atom stereocenters. The average molecular weight is 921 g/mol. The summed E-state index contributed by atoms with van der Waals surface area (Å²) in [6.07, 6.45) is 8.16. The molecule has 8 aliphatic rings. The number of allylic oxidation sites excluding steroid dienone is 2. The van der Waals surface area contributed by atoms with Gasteiger partial charge in [-0.3, -0.25) is 9.00 Å². The summed E-state index contributed by atoms with van der Waals surface area (Å²) in [7, 11) is 2.00. The predicted octanol–water partition coefficient (Wildman–Crippen LogP) is 4.47. The fourth-order valence-corrected chi connectivity index (χ4v) is 13.1. The lowest BCUT2D eigenvalue weighted by molar-refractivity contribution is -0.318. The standard InChI is InChI=1S/C48H72O15S/c1-26-12-11-15-32-23-56-45-41(49)28(3)18-35(48(32,45)52)46(51)59-34-19-33(62-47(22-34)25-64(53)24-38(63-47)31-13-9-8-10-14-31)17-16-27(2)43(26)60-40-21-37(55-7)44(30(5)58-40)61-39-20-36(54-6)42(50)29(4)57-39/h11-12,15-16,18,26,29-31,33-45,49-50,52H,8-10,13-14,17,19-25H2,1-7H3/b12-11+,27-16+,32-15+/t26-,29-,30-,33+,34-,35-,36-,37-,38-,39-,40-,41+,42-,43-,44-,45+,47-,48+,64?/m0/s1. The largest absolute Gasteiger partial charge is 0.462 e. The Bertz CT molecular complexity index is 1800. The molecule has 64 heavy (non-hydrogen) atoms. The third kappa shape index (κ3) is 10.1. The molecule has 0 aromatic heterocycles. The molecule has 0 aromatic carbocycles. The number of methoxy groups -OCH3 is 2. The molecule has 6 heterocycles. The first-order valence-electron chi connectivity index (χ1n) is 23.6. The van der Waals surface area contributed by atoms with Crippen molar-refractivity contribution in [3.63, 3.8) is 0 Å². The van der Waals surface area contributed by atoms with Gasteiger partial charge in [0, 0.05) is 56.6 Å². The molecule has 0 radical (unpaired) electrons. The Hall–Kier alpha value is -1.90. The molecule has 5 saturated heterocycles. The molecule has 15 nitrogen and oxygen atoms in total. The third-order valence-corrected chi connectivity index (χ3v) is 16.6. The SMILES string of the molecule is CO[C@H]1C[C@H](O[C@H]2[C@H](C)O[C@@H](O[C@@H]3/C(C)=C/C[C@@H]4C[C@@H](C[C@]5(CS(=O)C[C@@H](C6CCCCC6)O5)O4)OC(=O)[C@@H]4C=C(C)[C@@H](O)[C@H]5OC/C(=C\C=C\[C@@H]3C)[C@]54O)C[C@@H]2OC)O[C@@H](C)[C@@H]1O. The average Bonchev–Trinajstić information content (AvgIpc) is 3.60. The lowest BCUT2D eigenvalue weighted by atomic mass is 9.71. The van der Waals surface area contributed by atoms with Gasteiger partial charge in [-0.25, -0.2) is 0 Å². The van der Waals surface area contributed by atoms with Gasteiger partial charge in [-0.2, -0.15) is 0 Å². The minimum Gasteiger partial charge on any atom is -0.462 e. The quantitative estimate of drug-likeness (QED) is 0.240. The van der Waals surface area contributed by atoms with Crippen LogP contribution in [0.25, 0.3) is 0 Å². The van der Waals surface area contributed by atoms with Crippen LogP contribution in [0, 0.1) is 17.8 Å². The van der Waals surface area contributed by atoms with Crippen molar-refractivity contribution >= 4 is 16.8 Å². The molecule has 16 heteroatoms. The number of aliphatic hydroxyl groups is 3. The van der Waals surface area contributed by atoms with E-state index in [1.807, 2.05) is 32.9 Å². The maximum absolute atomic E-state index is 14.4. The molecule has 2 aliphatic carbocycles. The molecule has 0 aromatic rings. The van der Waals surface area contributed by atoms with E-state index in [0.717, 1.165) is 31.3 Å². The zero-order chi connectivity index (χ0) is 45.5. The molecule has 8 rings (SSSR count). The van der Waals surface area contributed by atoms with E-state index in [9.17, 15) is 24.3 Å². The van der Waals surface area contributed by atoms with Crippen molar-refractivity contribution in [1.29, 1.82) is 0 Å². The van der Waals surface area contributed by atoms with Gasteiger partial charge in [0.15, 0.2) is 18.4 Å². The van der Waals surface area contributed by atoms with Crippen LogP contribution in [0.15, 0.2) is 47.1 Å². The summed E-state index contributed by atoms with van der Waals surface area (Å²) in [5.74, 6) is -2.30. The number of hydrogen-bond acceptors (Lipinski definition) is 15. The number of fused-ring (bicyclic) bond motifs is 2. The van der Waals surface area contributed by atoms with E-state index in [4.69, 9.17) is 47.4 Å². The summed E-state index contributed by atoms with van der Waals surface area (Å²) in [5.41, 5.74) is 0.0301. The number of aliphatic hydroxyl groups excluding tert-OH is 2. The van der Waals surface area contributed by atoms with Gasteiger partial charge in [0.05, 0.1) is 60.8 Å². The zero-order valence-electron chi connectivity index (χ0n) is 38.5. The Balaban J connectivity index is 1.08. The van der Waals surface area contributed by atoms with E-state index >= 15 is 0 Å². The number of hydrogen-bond donors (Lipinski definition) is 3. The van der Waals surface area contributed by atoms with E-state index in [0.29, 0.717) is 42.6 Å². The van der Waals surface area contributed by atoms with Crippen LogP contribution in [0.3, 0.4) is 0 Å². The fourth-order valence-electron chi connectivity index (χ4n) is 11.5. The molecule has 1 saturated carbocycles. The van der Waals surface area contributed by atoms with Gasteiger partial charge in [-0.05, 0) is 69.6 Å². The Morgan fingerprint density at radius 3 is 2.34 bits per heavy atom. The number of carbonyl (C=O) groups is 1. The number of carbonyl (C=O) groups excluding carboxylic acids is 1. The minimum atomic E-state index is -1.87. The van der Waals surface area contributed by atoms with Crippen LogP contribution in [0.2, 0.25) is 0 Å². The van der Waals surface area contributed by atoms with Crippen molar-refractivity contribution < 1.29 is 71.7 Å². The van der Waals surface area contributed by atoms with Gasteiger partial charge in [-0.1, -0.05) is 56.6 Å². The van der Waals surface area contributed by atoms with Gasteiger partial charge in [0.25, 0.3) is 0 Å². The highest BCUT2D eigenvalue weighted by atomic mass is 32.2. The molecule has 2 bridgehead atoms. The van der Waals surface area contributed by atoms with E-state index < -0.39 is 114 Å². The number of rotatable bonds is 7. The van der Waals surface area contributed by atoms with Crippen molar-refractivity contribution in [3.05, 3.63) is 47.1 Å². The monoisotopic (exact) mass is 920 g/mol. The lowest BCUT2D eigenvalue weighted by Gasteiger charge is -2.49. The first kappa shape index (κ1) is 48.6. The highest BCUT2D eigenvalue weighted by Gasteiger charge is 2.60. The van der Waals surface area contributed by atoms with Crippen molar-refractivity contribution in [2.24, 2.45) is 17.8 Å². The highest BCUT2D eigenvalue weighted by Crippen LogP contribution is 2.47. The first-order chi connectivity index (χ1) is 30.6. The van der Waals surface area contributed by atoms with Crippen LogP contribution in [-0.4, -0.2) is 155 Å². The Kier molecular flexibility index (Phi) is 15.4. The topological polar surface area (TPSA) is 187 Å². The second kappa shape index (κ2) is 20.4. The summed E-state index contributed by atoms with van der Waals surface area (Å²) < 4.78 is 77.4. The Morgan fingerprint density at radius 1 is 0.875 bits per heavy atom. The Morgan fingerprint density at radius 2 is 1.59 bits per heavy atom. The molecule has 0 amide bonds. The van der Waals surface area contributed by atoms with Gasteiger partial charge in [0.1, 0.15) is 42.0 Å². The van der Waals surface area contributed by atoms with Crippen LogP contribution in [0.1, 0.15) is 98.8 Å².